The predicted octanol–water partition coefficient (Wildman–Crippen LogP) is 2.62. The van der Waals surface area contributed by atoms with E-state index in [-0.39, 0.29) is 0 Å². The molecule has 2 aromatic rings. The van der Waals surface area contributed by atoms with E-state index in [0.29, 0.717) is 0 Å². The van der Waals surface area contributed by atoms with Gasteiger partial charge in [0.25, 0.3) is 0 Å². The molecule has 0 unspecified atom stereocenters. The van der Waals surface area contributed by atoms with E-state index in [1.54, 1.807) is 0 Å². The van der Waals surface area contributed by atoms with Gasteiger partial charge in [0.1, 0.15) is 0 Å². The Morgan fingerprint density at radius 1 is 1.00 bits per heavy atom. The Morgan fingerprint density at radius 3 is 2.67 bits per heavy atom. The van der Waals surface area contributed by atoms with Gasteiger partial charge in [-0.25, -0.2) is 0 Å². The lowest BCUT2D eigenvalue weighted by Crippen LogP contribution is -2.31. The summed E-state index contributed by atoms with van der Waals surface area (Å²) in [5.41, 5.74) is 6.86. The Bertz CT molecular complexity index is 541. The molecule has 1 aliphatic rings. The second-order valence-corrected chi connectivity index (χ2v) is 4.38. The third kappa shape index (κ3) is 1.27. The minimum atomic E-state index is 1.02. The number of hydrogen-bond acceptors (Lipinski definition) is 0. The highest BCUT2D eigenvalue weighted by Crippen LogP contribution is 2.27. The van der Waals surface area contributed by atoms with Crippen LogP contribution in [0.15, 0.2) is 36.5 Å². The summed E-state index contributed by atoms with van der Waals surface area (Å²) in [6.45, 7) is 5.32. The van der Waals surface area contributed by atoms with E-state index in [0.717, 1.165) is 6.54 Å². The number of hydrogen-bond donors (Lipinski definition) is 0. The quantitative estimate of drug-likeness (QED) is 0.487. The average molecular weight is 196 g/mol. The smallest absolute Gasteiger partial charge is 0.194 e. The van der Waals surface area contributed by atoms with Gasteiger partial charge in [-0.1, -0.05) is 11.6 Å². The fourth-order valence-corrected chi connectivity index (χ4v) is 2.29. The molecule has 0 N–H and O–H groups in total. The molecule has 1 aromatic carbocycles. The largest absolute Gasteiger partial charge is 0.213 e. The molecule has 0 saturated carbocycles. The van der Waals surface area contributed by atoms with Gasteiger partial charge in [-0.3, -0.25) is 0 Å². The van der Waals surface area contributed by atoms with Crippen molar-refractivity contribution in [2.24, 2.45) is 0 Å². The van der Waals surface area contributed by atoms with Gasteiger partial charge in [0.2, 0.25) is 5.69 Å². The molecular weight excluding hydrogens is 182 g/mol. The van der Waals surface area contributed by atoms with Crippen LogP contribution in [0.25, 0.3) is 11.3 Å². The molecule has 0 aliphatic carbocycles. The molecule has 0 spiro atoms. The van der Waals surface area contributed by atoms with Crippen molar-refractivity contribution < 1.29 is 4.57 Å². The molecule has 0 fully saturated rings. The number of benzene rings is 1. The van der Waals surface area contributed by atoms with Crippen LogP contribution < -0.4 is 4.57 Å². The zero-order valence-corrected chi connectivity index (χ0v) is 9.12. The predicted molar refractivity (Wildman–Crippen MR) is 60.6 cm³/mol. The van der Waals surface area contributed by atoms with Gasteiger partial charge in [0.15, 0.2) is 12.7 Å². The van der Waals surface area contributed by atoms with Crippen LogP contribution in [0.1, 0.15) is 16.7 Å². The second kappa shape index (κ2) is 2.93. The maximum absolute atomic E-state index is 2.32. The summed E-state index contributed by atoms with van der Waals surface area (Å²) in [5.74, 6) is 0. The molecule has 3 rings (SSSR count). The highest BCUT2D eigenvalue weighted by atomic mass is 15.0. The summed E-state index contributed by atoms with van der Waals surface area (Å²) in [7, 11) is 0. The number of pyridine rings is 1. The average Bonchev–Trinajstić information content (AvgIpc) is 2.54. The fourth-order valence-electron chi connectivity index (χ4n) is 2.29. The van der Waals surface area contributed by atoms with Gasteiger partial charge < -0.3 is 0 Å². The Balaban J connectivity index is 2.26. The topological polar surface area (TPSA) is 3.88 Å². The van der Waals surface area contributed by atoms with Crippen LogP contribution in [0.4, 0.5) is 0 Å². The summed E-state index contributed by atoms with van der Waals surface area (Å²) in [6, 6.07) is 11.2. The fraction of sp³-hybridized carbons (Fsp3) is 0.214. The molecule has 74 valence electrons. The zero-order chi connectivity index (χ0) is 10.4. The number of aromatic nitrogens is 1. The van der Waals surface area contributed by atoms with Gasteiger partial charge in [0, 0.05) is 17.7 Å². The van der Waals surface area contributed by atoms with Crippen LogP contribution in [0, 0.1) is 13.8 Å². The molecule has 0 bridgehead atoms. The minimum Gasteiger partial charge on any atom is -0.194 e. The summed E-state index contributed by atoms with van der Waals surface area (Å²) in [4.78, 5) is 0. The van der Waals surface area contributed by atoms with E-state index in [2.05, 4.69) is 54.9 Å². The van der Waals surface area contributed by atoms with Crippen LogP contribution in [-0.2, 0) is 6.54 Å². The van der Waals surface area contributed by atoms with Crippen LogP contribution in [0.3, 0.4) is 0 Å². The molecule has 2 heterocycles. The number of aryl methyl sites for hydroxylation is 2. The summed E-state index contributed by atoms with van der Waals surface area (Å²) in [5, 5.41) is 0. The number of nitrogens with zero attached hydrogens (tertiary/aromatic N) is 1. The second-order valence-electron chi connectivity index (χ2n) is 4.38. The maximum Gasteiger partial charge on any atom is 0.213 e. The van der Waals surface area contributed by atoms with E-state index >= 15 is 0 Å². The molecule has 0 atom stereocenters. The van der Waals surface area contributed by atoms with E-state index in [9.17, 15) is 0 Å². The third-order valence-corrected chi connectivity index (χ3v) is 3.07. The van der Waals surface area contributed by atoms with Gasteiger partial charge in [-0.05, 0) is 31.5 Å². The standard InChI is InChI=1S/C14H14N/c1-10-3-4-13-12(7-10)9-15-6-5-11(2)8-14(13)15/h3-8H,9H2,1-2H3/q+1. The Hall–Kier alpha value is -1.63. The van der Waals surface area contributed by atoms with Crippen molar-refractivity contribution >= 4 is 0 Å². The van der Waals surface area contributed by atoms with Crippen LogP contribution >= 0.6 is 0 Å². The molecule has 0 radical (unpaired) electrons. The molecule has 0 saturated heterocycles. The molecule has 1 aliphatic heterocycles. The molecule has 0 amide bonds. The highest BCUT2D eigenvalue weighted by molar-refractivity contribution is 5.64. The van der Waals surface area contributed by atoms with E-state index < -0.39 is 0 Å². The minimum absolute atomic E-state index is 1.02. The number of fused-ring (bicyclic) bond motifs is 3. The monoisotopic (exact) mass is 196 g/mol. The van der Waals surface area contributed by atoms with Crippen molar-refractivity contribution in [1.82, 2.24) is 0 Å². The van der Waals surface area contributed by atoms with Gasteiger partial charge >= 0.3 is 0 Å². The lowest BCUT2D eigenvalue weighted by Gasteiger charge is -1.96. The van der Waals surface area contributed by atoms with Crippen molar-refractivity contribution in [2.75, 3.05) is 0 Å². The van der Waals surface area contributed by atoms with Crippen molar-refractivity contribution in [3.05, 3.63) is 53.2 Å². The summed E-state index contributed by atoms with van der Waals surface area (Å²) in [6.07, 6.45) is 2.18. The summed E-state index contributed by atoms with van der Waals surface area (Å²) < 4.78 is 2.32. The first-order valence-electron chi connectivity index (χ1n) is 5.34. The maximum atomic E-state index is 2.32. The Labute approximate surface area is 90.0 Å². The van der Waals surface area contributed by atoms with Crippen LogP contribution in [0.5, 0.6) is 0 Å². The van der Waals surface area contributed by atoms with Crippen molar-refractivity contribution in [2.45, 2.75) is 20.4 Å². The SMILES string of the molecule is Cc1ccc2c(c1)C[n+]1ccc(C)cc1-2. The van der Waals surface area contributed by atoms with Gasteiger partial charge in [-0.2, -0.15) is 4.57 Å². The van der Waals surface area contributed by atoms with Gasteiger partial charge in [0.05, 0.1) is 5.56 Å². The lowest BCUT2D eigenvalue weighted by molar-refractivity contribution is -0.672. The molecule has 1 aromatic heterocycles. The van der Waals surface area contributed by atoms with Crippen LogP contribution in [0.2, 0.25) is 0 Å². The van der Waals surface area contributed by atoms with E-state index in [1.165, 1.54) is 27.9 Å². The van der Waals surface area contributed by atoms with Gasteiger partial charge in [-0.15, -0.1) is 0 Å². The zero-order valence-electron chi connectivity index (χ0n) is 9.12. The lowest BCUT2D eigenvalue weighted by atomic mass is 10.0. The van der Waals surface area contributed by atoms with Crippen molar-refractivity contribution in [3.63, 3.8) is 0 Å². The number of rotatable bonds is 0. The first-order valence-corrected chi connectivity index (χ1v) is 5.34. The van der Waals surface area contributed by atoms with Crippen molar-refractivity contribution in [1.29, 1.82) is 0 Å². The van der Waals surface area contributed by atoms with Crippen LogP contribution in [-0.4, -0.2) is 0 Å². The Morgan fingerprint density at radius 2 is 1.80 bits per heavy atom. The first kappa shape index (κ1) is 8.66. The summed E-state index contributed by atoms with van der Waals surface area (Å²) >= 11 is 0. The molecule has 1 nitrogen and oxygen atoms in total. The molecule has 15 heavy (non-hydrogen) atoms. The molecule has 1 heteroatoms. The highest BCUT2D eigenvalue weighted by Gasteiger charge is 2.25. The first-order chi connectivity index (χ1) is 7.24. The molecular formula is C14H14N+. The van der Waals surface area contributed by atoms with Crippen molar-refractivity contribution in [3.8, 4) is 11.3 Å². The van der Waals surface area contributed by atoms with E-state index in [1.807, 2.05) is 0 Å². The third-order valence-electron chi connectivity index (χ3n) is 3.07. The normalized spacial score (nSPS) is 12.4. The van der Waals surface area contributed by atoms with E-state index in [4.69, 9.17) is 0 Å². The Kier molecular flexibility index (Phi) is 1.69.